The molecule has 0 bridgehead atoms. The number of nitrogens with zero attached hydrogens (tertiary/aromatic N) is 4. The van der Waals surface area contributed by atoms with Crippen molar-refractivity contribution in [3.05, 3.63) is 64.2 Å². The Hall–Kier alpha value is -3.42. The molecule has 0 spiro atoms. The predicted molar refractivity (Wildman–Crippen MR) is 99.5 cm³/mol. The Balaban J connectivity index is 1.63. The van der Waals surface area contributed by atoms with Crippen molar-refractivity contribution in [1.82, 2.24) is 24.5 Å². The molecule has 0 aromatic carbocycles. The molecule has 4 aromatic heterocycles. The third-order valence-electron chi connectivity index (χ3n) is 4.46. The molecule has 1 amide bonds. The molecule has 0 aliphatic heterocycles. The first-order valence-electron chi connectivity index (χ1n) is 8.63. The molecule has 27 heavy (non-hydrogen) atoms. The molecule has 4 aromatic rings. The van der Waals surface area contributed by atoms with E-state index in [-0.39, 0.29) is 24.1 Å². The summed E-state index contributed by atoms with van der Waals surface area (Å²) < 4.78 is 8.53. The Bertz CT molecular complexity index is 1200. The van der Waals surface area contributed by atoms with E-state index in [0.717, 1.165) is 17.0 Å². The number of hydrogen-bond acceptors (Lipinski definition) is 5. The van der Waals surface area contributed by atoms with Gasteiger partial charge in [0, 0.05) is 18.3 Å². The van der Waals surface area contributed by atoms with Gasteiger partial charge in [-0.05, 0) is 32.9 Å². The van der Waals surface area contributed by atoms with Gasteiger partial charge in [-0.25, -0.2) is 4.68 Å². The van der Waals surface area contributed by atoms with Crippen molar-refractivity contribution in [2.24, 2.45) is 0 Å². The van der Waals surface area contributed by atoms with Crippen molar-refractivity contribution in [2.45, 2.75) is 33.4 Å². The van der Waals surface area contributed by atoms with Crippen LogP contribution in [0.15, 0.2) is 45.7 Å². The molecule has 8 heteroatoms. The lowest BCUT2D eigenvalue weighted by molar-refractivity contribution is -0.122. The molecule has 1 atom stereocenters. The van der Waals surface area contributed by atoms with Crippen LogP contribution in [0.2, 0.25) is 0 Å². The maximum Gasteiger partial charge on any atom is 0.291 e. The van der Waals surface area contributed by atoms with E-state index in [1.165, 1.54) is 4.68 Å². The summed E-state index contributed by atoms with van der Waals surface area (Å²) in [4.78, 5) is 29.4. The van der Waals surface area contributed by atoms with Crippen LogP contribution in [0.5, 0.6) is 0 Å². The minimum absolute atomic E-state index is 0.168. The molecule has 4 heterocycles. The first-order valence-corrected chi connectivity index (χ1v) is 8.63. The van der Waals surface area contributed by atoms with Crippen molar-refractivity contribution >= 4 is 22.5 Å². The zero-order valence-electron chi connectivity index (χ0n) is 15.3. The lowest BCUT2D eigenvalue weighted by Gasteiger charge is -2.14. The fourth-order valence-corrected chi connectivity index (χ4v) is 3.25. The van der Waals surface area contributed by atoms with Crippen molar-refractivity contribution in [3.8, 4) is 0 Å². The van der Waals surface area contributed by atoms with Gasteiger partial charge in [-0.2, -0.15) is 5.10 Å². The summed E-state index contributed by atoms with van der Waals surface area (Å²) in [6, 6.07) is 8.79. The summed E-state index contributed by atoms with van der Waals surface area (Å²) >= 11 is 0. The lowest BCUT2D eigenvalue weighted by atomic mass is 10.2. The fourth-order valence-electron chi connectivity index (χ4n) is 3.25. The molecule has 0 saturated carbocycles. The average Bonchev–Trinajstić information content (AvgIpc) is 3.16. The Kier molecular flexibility index (Phi) is 4.02. The highest BCUT2D eigenvalue weighted by molar-refractivity contribution is 5.83. The number of aryl methyl sites for hydroxylation is 2. The van der Waals surface area contributed by atoms with E-state index in [9.17, 15) is 9.59 Å². The number of nitrogens with one attached hydrogen (secondary N) is 1. The molecule has 0 aliphatic rings. The Morgan fingerprint density at radius 3 is 2.81 bits per heavy atom. The number of aromatic nitrogens is 4. The smallest absolute Gasteiger partial charge is 0.291 e. The maximum atomic E-state index is 12.8. The van der Waals surface area contributed by atoms with E-state index < -0.39 is 0 Å². The molecule has 0 saturated heterocycles. The van der Waals surface area contributed by atoms with E-state index in [0.29, 0.717) is 16.9 Å². The largest absolute Gasteiger partial charge is 0.460 e. The molecular weight excluding hydrogens is 346 g/mol. The van der Waals surface area contributed by atoms with Gasteiger partial charge >= 0.3 is 0 Å². The highest BCUT2D eigenvalue weighted by Gasteiger charge is 2.17. The van der Waals surface area contributed by atoms with E-state index in [2.05, 4.69) is 15.4 Å². The van der Waals surface area contributed by atoms with Gasteiger partial charge in [0.25, 0.3) is 5.56 Å². The summed E-state index contributed by atoms with van der Waals surface area (Å²) in [7, 11) is 0. The number of hydrogen-bond donors (Lipinski definition) is 1. The average molecular weight is 365 g/mol. The highest BCUT2D eigenvalue weighted by atomic mass is 16.3. The molecular formula is C19H19N5O3. The first-order chi connectivity index (χ1) is 12.9. The number of amides is 1. The molecule has 0 aliphatic carbocycles. The van der Waals surface area contributed by atoms with Crippen molar-refractivity contribution in [2.75, 3.05) is 0 Å². The number of furan rings is 1. The fraction of sp³-hybridized carbons (Fsp3) is 0.263. The number of carbonyl (C=O) groups is 1. The van der Waals surface area contributed by atoms with Gasteiger partial charge in [0.1, 0.15) is 23.6 Å². The molecule has 0 radical (unpaired) electrons. The standard InChI is InChI=1S/C19H19N5O3/c1-11-8-15-17(27-11)9-16-19(26)23(22-13(3)24(15)16)10-18(25)21-12(2)14-6-4-5-7-20-14/h4-9,12H,10H2,1-3H3,(H,21,25)/t12-/m1/s1. The van der Waals surface area contributed by atoms with Gasteiger partial charge in [0.2, 0.25) is 5.91 Å². The van der Waals surface area contributed by atoms with E-state index in [1.807, 2.05) is 38.1 Å². The molecule has 4 rings (SSSR count). The second kappa shape index (κ2) is 6.39. The number of rotatable bonds is 4. The monoisotopic (exact) mass is 365 g/mol. The van der Waals surface area contributed by atoms with Gasteiger partial charge in [-0.15, -0.1) is 0 Å². The molecule has 8 nitrogen and oxygen atoms in total. The number of pyridine rings is 1. The summed E-state index contributed by atoms with van der Waals surface area (Å²) in [6.07, 6.45) is 1.67. The van der Waals surface area contributed by atoms with Crippen LogP contribution < -0.4 is 10.9 Å². The summed E-state index contributed by atoms with van der Waals surface area (Å²) in [6.45, 7) is 5.32. The second-order valence-electron chi connectivity index (χ2n) is 6.53. The summed E-state index contributed by atoms with van der Waals surface area (Å²) in [5.74, 6) is 1.06. The summed E-state index contributed by atoms with van der Waals surface area (Å²) in [5, 5.41) is 7.14. The zero-order valence-corrected chi connectivity index (χ0v) is 15.3. The van der Waals surface area contributed by atoms with Crippen LogP contribution in [0, 0.1) is 13.8 Å². The number of fused-ring (bicyclic) bond motifs is 3. The van der Waals surface area contributed by atoms with Gasteiger partial charge in [0.15, 0.2) is 5.58 Å². The minimum atomic E-state index is -0.342. The van der Waals surface area contributed by atoms with Crippen molar-refractivity contribution in [3.63, 3.8) is 0 Å². The highest BCUT2D eigenvalue weighted by Crippen LogP contribution is 2.22. The quantitative estimate of drug-likeness (QED) is 0.598. The van der Waals surface area contributed by atoms with Gasteiger partial charge in [-0.1, -0.05) is 6.07 Å². The molecule has 0 fully saturated rings. The first kappa shape index (κ1) is 17.0. The van der Waals surface area contributed by atoms with E-state index >= 15 is 0 Å². The maximum absolute atomic E-state index is 12.8. The third kappa shape index (κ3) is 2.99. The molecule has 138 valence electrons. The van der Waals surface area contributed by atoms with Crippen LogP contribution in [0.3, 0.4) is 0 Å². The van der Waals surface area contributed by atoms with Gasteiger partial charge < -0.3 is 9.73 Å². The zero-order chi connectivity index (χ0) is 19.1. The SMILES string of the molecule is Cc1cc2c(cc3c(=O)n(CC(=O)N[C@H](C)c4ccccn4)nc(C)n32)o1. The van der Waals surface area contributed by atoms with Crippen molar-refractivity contribution in [1.29, 1.82) is 0 Å². The third-order valence-corrected chi connectivity index (χ3v) is 4.46. The predicted octanol–water partition coefficient (Wildman–Crippen LogP) is 2.13. The topological polar surface area (TPSA) is 94.4 Å². The second-order valence-corrected chi connectivity index (χ2v) is 6.53. The lowest BCUT2D eigenvalue weighted by Crippen LogP contribution is -2.36. The Morgan fingerprint density at radius 2 is 2.07 bits per heavy atom. The van der Waals surface area contributed by atoms with Crippen LogP contribution in [-0.4, -0.2) is 25.1 Å². The van der Waals surface area contributed by atoms with Crippen LogP contribution in [0.4, 0.5) is 0 Å². The van der Waals surface area contributed by atoms with Crippen LogP contribution in [-0.2, 0) is 11.3 Å². The van der Waals surface area contributed by atoms with Gasteiger partial charge in [-0.3, -0.25) is 19.0 Å². The summed E-state index contributed by atoms with van der Waals surface area (Å²) in [5.41, 5.74) is 2.26. The van der Waals surface area contributed by atoms with Gasteiger partial charge in [0.05, 0.1) is 17.3 Å². The van der Waals surface area contributed by atoms with Crippen LogP contribution in [0.25, 0.3) is 16.6 Å². The Morgan fingerprint density at radius 1 is 1.26 bits per heavy atom. The van der Waals surface area contributed by atoms with Crippen molar-refractivity contribution < 1.29 is 9.21 Å². The van der Waals surface area contributed by atoms with Crippen LogP contribution in [0.1, 0.15) is 30.2 Å². The minimum Gasteiger partial charge on any atom is -0.460 e. The Labute approximate surface area is 154 Å². The van der Waals surface area contributed by atoms with Crippen LogP contribution >= 0.6 is 0 Å². The number of carbonyl (C=O) groups excluding carboxylic acids is 1. The van der Waals surface area contributed by atoms with E-state index in [1.54, 1.807) is 23.6 Å². The molecule has 0 unspecified atom stereocenters. The van der Waals surface area contributed by atoms with E-state index in [4.69, 9.17) is 4.42 Å². The normalized spacial score (nSPS) is 12.6. The molecule has 1 N–H and O–H groups in total.